The minimum absolute atomic E-state index is 0.0451. The van der Waals surface area contributed by atoms with E-state index in [9.17, 15) is 14.4 Å². The van der Waals surface area contributed by atoms with E-state index in [-0.39, 0.29) is 23.6 Å². The van der Waals surface area contributed by atoms with Crippen molar-refractivity contribution in [3.8, 4) is 0 Å². The number of Topliss-reactive ketones (excluding diaryl/α,β-unsaturated/α-hetero) is 1. The third kappa shape index (κ3) is 3.26. The van der Waals surface area contributed by atoms with Gasteiger partial charge in [-0.25, -0.2) is 4.79 Å². The van der Waals surface area contributed by atoms with Gasteiger partial charge in [0, 0.05) is 39.1 Å². The number of fused-ring (bicyclic) bond motifs is 3. The van der Waals surface area contributed by atoms with Gasteiger partial charge >= 0.3 is 5.97 Å². The number of nitrogens with two attached hydrogens (primary N) is 1. The highest BCUT2D eigenvalue weighted by Crippen LogP contribution is 2.55. The predicted octanol–water partition coefficient (Wildman–Crippen LogP) is 4.63. The SMILES string of the molecule is COC(=O)C1=C(N)N(c2ccc(C(C)C)cc2)C2=C(C(=O)CCC2)C12C(=O)Nc1ccc(Br)cc12. The van der Waals surface area contributed by atoms with Gasteiger partial charge in [-0.3, -0.25) is 14.5 Å². The number of esters is 1. The van der Waals surface area contributed by atoms with Crippen LogP contribution in [0.4, 0.5) is 11.4 Å². The molecule has 0 saturated carbocycles. The van der Waals surface area contributed by atoms with Crippen molar-refractivity contribution in [2.75, 3.05) is 17.3 Å². The van der Waals surface area contributed by atoms with Gasteiger partial charge in [-0.05, 0) is 54.7 Å². The van der Waals surface area contributed by atoms with Gasteiger partial charge in [0.25, 0.3) is 0 Å². The number of anilines is 2. The first-order valence-electron chi connectivity index (χ1n) is 11.6. The third-order valence-corrected chi connectivity index (χ3v) is 7.58. The number of ketones is 1. The maximum Gasteiger partial charge on any atom is 0.339 e. The van der Waals surface area contributed by atoms with Gasteiger partial charge in [0.2, 0.25) is 5.91 Å². The molecule has 2 aliphatic heterocycles. The Morgan fingerprint density at radius 2 is 1.86 bits per heavy atom. The summed E-state index contributed by atoms with van der Waals surface area (Å²) in [5.74, 6) is -0.974. The first-order chi connectivity index (χ1) is 16.7. The fraction of sp³-hybridized carbons (Fsp3) is 0.296. The summed E-state index contributed by atoms with van der Waals surface area (Å²) in [7, 11) is 1.25. The molecular formula is C27H26BrN3O4. The van der Waals surface area contributed by atoms with E-state index in [0.29, 0.717) is 45.8 Å². The van der Waals surface area contributed by atoms with Crippen molar-refractivity contribution in [3.63, 3.8) is 0 Å². The van der Waals surface area contributed by atoms with Crippen LogP contribution in [-0.2, 0) is 24.5 Å². The fourth-order valence-corrected chi connectivity index (χ4v) is 5.85. The smallest absolute Gasteiger partial charge is 0.339 e. The number of allylic oxidation sites excluding steroid dienone is 1. The number of rotatable bonds is 3. The largest absolute Gasteiger partial charge is 0.466 e. The van der Waals surface area contributed by atoms with Crippen molar-refractivity contribution in [2.45, 2.75) is 44.4 Å². The number of hydrogen-bond acceptors (Lipinski definition) is 6. The maximum absolute atomic E-state index is 13.8. The lowest BCUT2D eigenvalue weighted by Crippen LogP contribution is -2.53. The molecule has 0 bridgehead atoms. The Morgan fingerprint density at radius 1 is 1.14 bits per heavy atom. The predicted molar refractivity (Wildman–Crippen MR) is 137 cm³/mol. The number of halogens is 1. The Bertz CT molecular complexity index is 1340. The molecule has 1 amide bonds. The van der Waals surface area contributed by atoms with Crippen LogP contribution in [0.5, 0.6) is 0 Å². The van der Waals surface area contributed by atoms with Gasteiger partial charge in [0.15, 0.2) is 5.78 Å². The van der Waals surface area contributed by atoms with Crippen molar-refractivity contribution >= 4 is 45.0 Å². The second-order valence-electron chi connectivity index (χ2n) is 9.33. The second-order valence-corrected chi connectivity index (χ2v) is 10.2. The van der Waals surface area contributed by atoms with Crippen LogP contribution in [0.1, 0.15) is 50.2 Å². The molecule has 2 heterocycles. The van der Waals surface area contributed by atoms with E-state index in [1.165, 1.54) is 7.11 Å². The topological polar surface area (TPSA) is 102 Å². The van der Waals surface area contributed by atoms with Crippen molar-refractivity contribution in [1.29, 1.82) is 0 Å². The standard InChI is InChI=1S/C27H26BrN3O4/c1-14(2)15-7-10-17(11-8-15)31-20-5-4-6-21(32)22(20)27(23(24(31)29)25(33)35-3)18-13-16(28)9-12-19(18)30-26(27)34/h7-14H,4-6,29H2,1-3H3,(H,30,34). The Kier molecular flexibility index (Phi) is 5.59. The number of carbonyl (C=O) groups is 3. The van der Waals surface area contributed by atoms with E-state index in [1.54, 1.807) is 23.1 Å². The molecule has 1 atom stereocenters. The molecule has 5 rings (SSSR count). The molecule has 180 valence electrons. The fourth-order valence-electron chi connectivity index (χ4n) is 5.48. The molecule has 0 saturated heterocycles. The molecule has 2 aromatic carbocycles. The van der Waals surface area contributed by atoms with Crippen LogP contribution >= 0.6 is 15.9 Å². The Morgan fingerprint density at radius 3 is 2.51 bits per heavy atom. The van der Waals surface area contributed by atoms with Gasteiger partial charge < -0.3 is 15.8 Å². The summed E-state index contributed by atoms with van der Waals surface area (Å²) in [6.45, 7) is 4.22. The molecule has 3 N–H and O–H groups in total. The zero-order valence-corrected chi connectivity index (χ0v) is 21.4. The first kappa shape index (κ1) is 23.4. The molecule has 0 aromatic heterocycles. The molecule has 1 spiro atoms. The summed E-state index contributed by atoms with van der Waals surface area (Å²) in [5.41, 5.74) is 8.89. The van der Waals surface area contributed by atoms with Crippen molar-refractivity contribution in [2.24, 2.45) is 5.73 Å². The molecule has 2 aromatic rings. The van der Waals surface area contributed by atoms with Crippen LogP contribution < -0.4 is 16.0 Å². The molecule has 7 nitrogen and oxygen atoms in total. The summed E-state index contributed by atoms with van der Waals surface area (Å²) in [4.78, 5) is 42.6. The number of ether oxygens (including phenoxy) is 1. The van der Waals surface area contributed by atoms with Crippen LogP contribution in [0, 0.1) is 0 Å². The minimum Gasteiger partial charge on any atom is -0.466 e. The first-order valence-corrected chi connectivity index (χ1v) is 12.4. The van der Waals surface area contributed by atoms with Gasteiger partial charge in [-0.2, -0.15) is 0 Å². The van der Waals surface area contributed by atoms with Gasteiger partial charge in [-0.1, -0.05) is 41.9 Å². The molecule has 1 aliphatic carbocycles. The van der Waals surface area contributed by atoms with E-state index < -0.39 is 17.3 Å². The van der Waals surface area contributed by atoms with Crippen LogP contribution in [0.2, 0.25) is 0 Å². The van der Waals surface area contributed by atoms with Gasteiger partial charge in [0.05, 0.1) is 7.11 Å². The number of benzene rings is 2. The molecular weight excluding hydrogens is 510 g/mol. The molecule has 0 radical (unpaired) electrons. The zero-order chi connectivity index (χ0) is 25.1. The van der Waals surface area contributed by atoms with Gasteiger partial charge in [-0.15, -0.1) is 0 Å². The molecule has 3 aliphatic rings. The van der Waals surface area contributed by atoms with Crippen LogP contribution in [-0.4, -0.2) is 24.8 Å². The van der Waals surface area contributed by atoms with E-state index in [4.69, 9.17) is 10.5 Å². The average molecular weight is 536 g/mol. The zero-order valence-electron chi connectivity index (χ0n) is 19.8. The Labute approximate surface area is 212 Å². The number of nitrogens with zero attached hydrogens (tertiary/aromatic N) is 1. The third-order valence-electron chi connectivity index (χ3n) is 7.08. The summed E-state index contributed by atoms with van der Waals surface area (Å²) < 4.78 is 5.88. The summed E-state index contributed by atoms with van der Waals surface area (Å²) >= 11 is 3.48. The maximum atomic E-state index is 13.8. The average Bonchev–Trinajstić information content (AvgIpc) is 3.10. The van der Waals surface area contributed by atoms with E-state index >= 15 is 0 Å². The van der Waals surface area contributed by atoms with E-state index in [0.717, 1.165) is 11.3 Å². The summed E-state index contributed by atoms with van der Waals surface area (Å²) in [5, 5.41) is 2.88. The highest BCUT2D eigenvalue weighted by molar-refractivity contribution is 9.10. The van der Waals surface area contributed by atoms with Crippen LogP contribution in [0.3, 0.4) is 0 Å². The quantitative estimate of drug-likeness (QED) is 0.555. The minimum atomic E-state index is -1.68. The Balaban J connectivity index is 1.86. The number of methoxy groups -OCH3 is 1. The number of carbonyl (C=O) groups excluding carboxylic acids is 3. The van der Waals surface area contributed by atoms with Crippen LogP contribution in [0.15, 0.2) is 69.6 Å². The number of nitrogens with one attached hydrogen (secondary N) is 1. The summed E-state index contributed by atoms with van der Waals surface area (Å²) in [6.07, 6.45) is 1.45. The highest BCUT2D eigenvalue weighted by Gasteiger charge is 2.62. The van der Waals surface area contributed by atoms with Crippen molar-refractivity contribution < 1.29 is 19.1 Å². The number of hydrogen-bond donors (Lipinski definition) is 2. The van der Waals surface area contributed by atoms with E-state index in [1.807, 2.05) is 24.3 Å². The molecule has 0 fully saturated rings. The lowest BCUT2D eigenvalue weighted by molar-refractivity contribution is -0.138. The van der Waals surface area contributed by atoms with Crippen LogP contribution in [0.25, 0.3) is 0 Å². The van der Waals surface area contributed by atoms with E-state index in [2.05, 4.69) is 35.1 Å². The van der Waals surface area contributed by atoms with Gasteiger partial charge in [0.1, 0.15) is 16.8 Å². The Hall–Kier alpha value is -3.39. The molecule has 35 heavy (non-hydrogen) atoms. The second kappa shape index (κ2) is 8.37. The normalized spacial score (nSPS) is 21.5. The molecule has 1 unspecified atom stereocenters. The molecule has 8 heteroatoms. The highest BCUT2D eigenvalue weighted by atomic mass is 79.9. The lowest BCUT2D eigenvalue weighted by Gasteiger charge is -2.44. The number of amides is 1. The monoisotopic (exact) mass is 535 g/mol. The summed E-state index contributed by atoms with van der Waals surface area (Å²) in [6, 6.07) is 13.2. The van der Waals surface area contributed by atoms with Crippen molar-refractivity contribution in [1.82, 2.24) is 0 Å². The lowest BCUT2D eigenvalue weighted by atomic mass is 9.63. The van der Waals surface area contributed by atoms with Crippen molar-refractivity contribution in [3.05, 3.63) is 80.7 Å².